The number of rotatable bonds is 2. The summed E-state index contributed by atoms with van der Waals surface area (Å²) >= 11 is 0. The molecule has 7 heteroatoms. The number of amides is 2. The molecule has 1 aliphatic heterocycles. The number of piperidine rings is 1. The molecule has 2 amide bonds. The van der Waals surface area contributed by atoms with Crippen molar-refractivity contribution in [1.82, 2.24) is 20.2 Å². The number of hydrogen-bond acceptors (Lipinski definition) is 4. The van der Waals surface area contributed by atoms with Gasteiger partial charge in [0.2, 0.25) is 0 Å². The molecule has 0 aromatic carbocycles. The van der Waals surface area contributed by atoms with Crippen molar-refractivity contribution in [3.8, 4) is 6.01 Å². The number of aromatic nitrogens is 2. The van der Waals surface area contributed by atoms with E-state index in [1.54, 1.807) is 4.90 Å². The maximum absolute atomic E-state index is 12.7. The van der Waals surface area contributed by atoms with Gasteiger partial charge in [0.1, 0.15) is 6.10 Å². The van der Waals surface area contributed by atoms with Crippen molar-refractivity contribution in [2.75, 3.05) is 13.1 Å². The number of halogens is 1. The summed E-state index contributed by atoms with van der Waals surface area (Å²) in [7, 11) is 0. The molecule has 116 valence electrons. The van der Waals surface area contributed by atoms with Gasteiger partial charge in [0, 0.05) is 12.1 Å². The van der Waals surface area contributed by atoms with Crippen molar-refractivity contribution in [2.24, 2.45) is 0 Å². The second-order valence-electron chi connectivity index (χ2n) is 6.19. The normalized spacial score (nSPS) is 19.2. The smallest absolute Gasteiger partial charge is 0.317 e. The highest BCUT2D eigenvalue weighted by atomic mass is 19.1. The van der Waals surface area contributed by atoms with Gasteiger partial charge in [-0.15, -0.1) is 0 Å². The second kappa shape index (κ2) is 6.24. The molecule has 1 N–H and O–H groups in total. The van der Waals surface area contributed by atoms with Gasteiger partial charge in [-0.25, -0.2) is 19.2 Å². The van der Waals surface area contributed by atoms with Gasteiger partial charge in [0.15, 0.2) is 5.82 Å². The third-order valence-corrected chi connectivity index (χ3v) is 3.02. The number of nitrogens with zero attached hydrogens (tertiary/aromatic N) is 3. The molecule has 0 spiro atoms. The van der Waals surface area contributed by atoms with E-state index in [-0.39, 0.29) is 23.7 Å². The Labute approximate surface area is 123 Å². The van der Waals surface area contributed by atoms with E-state index >= 15 is 0 Å². The number of urea groups is 1. The molecule has 1 aromatic heterocycles. The Bertz CT molecular complexity index is 487. The molecule has 0 unspecified atom stereocenters. The first kappa shape index (κ1) is 15.5. The quantitative estimate of drug-likeness (QED) is 0.906. The molecule has 0 bridgehead atoms. The monoisotopic (exact) mass is 296 g/mol. The van der Waals surface area contributed by atoms with Crippen molar-refractivity contribution in [2.45, 2.75) is 45.3 Å². The Morgan fingerprint density at radius 3 is 2.71 bits per heavy atom. The maximum Gasteiger partial charge on any atom is 0.317 e. The highest BCUT2D eigenvalue weighted by Gasteiger charge is 2.27. The molecular weight excluding hydrogens is 275 g/mol. The van der Waals surface area contributed by atoms with E-state index in [0.29, 0.717) is 13.1 Å². The lowest BCUT2D eigenvalue weighted by molar-refractivity contribution is 0.0914. The lowest BCUT2D eigenvalue weighted by Gasteiger charge is -2.34. The Kier molecular flexibility index (Phi) is 4.59. The van der Waals surface area contributed by atoms with Gasteiger partial charge in [0.25, 0.3) is 0 Å². The van der Waals surface area contributed by atoms with Crippen molar-refractivity contribution < 1.29 is 13.9 Å². The molecule has 0 aliphatic carbocycles. The van der Waals surface area contributed by atoms with Crippen LogP contribution in [0.15, 0.2) is 12.4 Å². The number of ether oxygens (including phenoxy) is 1. The van der Waals surface area contributed by atoms with Gasteiger partial charge in [-0.3, -0.25) is 0 Å². The van der Waals surface area contributed by atoms with Crippen LogP contribution in [-0.2, 0) is 0 Å². The summed E-state index contributed by atoms with van der Waals surface area (Å²) in [5.41, 5.74) is -0.273. The minimum absolute atomic E-state index is 0.101. The Morgan fingerprint density at radius 1 is 1.43 bits per heavy atom. The number of hydrogen-bond donors (Lipinski definition) is 1. The molecule has 1 aromatic rings. The van der Waals surface area contributed by atoms with Gasteiger partial charge in [-0.1, -0.05) is 0 Å². The van der Waals surface area contributed by atoms with Crippen LogP contribution in [0.2, 0.25) is 0 Å². The summed E-state index contributed by atoms with van der Waals surface area (Å²) in [5, 5.41) is 2.93. The topological polar surface area (TPSA) is 67.4 Å². The fourth-order valence-electron chi connectivity index (χ4n) is 2.13. The van der Waals surface area contributed by atoms with Crippen LogP contribution in [0.4, 0.5) is 9.18 Å². The summed E-state index contributed by atoms with van der Waals surface area (Å²) < 4.78 is 18.4. The van der Waals surface area contributed by atoms with Crippen LogP contribution in [0.5, 0.6) is 6.01 Å². The SMILES string of the molecule is CC(C)(C)NC(=O)N1CCC[C@@H](Oc2ncc(F)cn2)C1. The predicted molar refractivity (Wildman–Crippen MR) is 75.5 cm³/mol. The van der Waals surface area contributed by atoms with Crippen LogP contribution in [0.1, 0.15) is 33.6 Å². The molecule has 2 rings (SSSR count). The van der Waals surface area contributed by atoms with E-state index in [1.807, 2.05) is 20.8 Å². The van der Waals surface area contributed by atoms with Gasteiger partial charge >= 0.3 is 12.0 Å². The molecule has 2 heterocycles. The molecular formula is C14H21FN4O2. The van der Waals surface area contributed by atoms with Crippen LogP contribution in [0.3, 0.4) is 0 Å². The Hall–Kier alpha value is -1.92. The minimum Gasteiger partial charge on any atom is -0.458 e. The molecule has 1 saturated heterocycles. The van der Waals surface area contributed by atoms with E-state index in [0.717, 1.165) is 25.2 Å². The number of nitrogens with one attached hydrogen (secondary N) is 1. The van der Waals surface area contributed by atoms with E-state index in [4.69, 9.17) is 4.74 Å². The van der Waals surface area contributed by atoms with Crippen molar-refractivity contribution in [3.63, 3.8) is 0 Å². The zero-order valence-corrected chi connectivity index (χ0v) is 12.6. The van der Waals surface area contributed by atoms with Gasteiger partial charge < -0.3 is 15.0 Å². The standard InChI is InChI=1S/C14H21FN4O2/c1-14(2,3)18-13(20)19-6-4-5-11(9-19)21-12-16-7-10(15)8-17-12/h7-8,11H,4-6,9H2,1-3H3,(H,18,20)/t11-/m1/s1. The fourth-order valence-corrected chi connectivity index (χ4v) is 2.13. The lowest BCUT2D eigenvalue weighted by atomic mass is 10.1. The van der Waals surface area contributed by atoms with Gasteiger partial charge in [-0.2, -0.15) is 0 Å². The van der Waals surface area contributed by atoms with E-state index in [9.17, 15) is 9.18 Å². The van der Waals surface area contributed by atoms with Crippen LogP contribution in [0, 0.1) is 5.82 Å². The molecule has 1 fully saturated rings. The molecule has 0 saturated carbocycles. The number of carbonyl (C=O) groups is 1. The molecule has 0 radical (unpaired) electrons. The van der Waals surface area contributed by atoms with Gasteiger partial charge in [0.05, 0.1) is 18.9 Å². The highest BCUT2D eigenvalue weighted by Crippen LogP contribution is 2.16. The van der Waals surface area contributed by atoms with E-state index in [1.165, 1.54) is 0 Å². The predicted octanol–water partition coefficient (Wildman–Crippen LogP) is 1.97. The zero-order chi connectivity index (χ0) is 15.5. The third-order valence-electron chi connectivity index (χ3n) is 3.02. The first-order chi connectivity index (χ1) is 9.83. The first-order valence-corrected chi connectivity index (χ1v) is 7.05. The van der Waals surface area contributed by atoms with Crippen LogP contribution >= 0.6 is 0 Å². The second-order valence-corrected chi connectivity index (χ2v) is 6.19. The average molecular weight is 296 g/mol. The van der Waals surface area contributed by atoms with Crippen molar-refractivity contribution in [1.29, 1.82) is 0 Å². The summed E-state index contributed by atoms with van der Waals surface area (Å²) in [6.07, 6.45) is 3.63. The Balaban J connectivity index is 1.91. The van der Waals surface area contributed by atoms with Crippen LogP contribution in [-0.4, -0.2) is 45.6 Å². The van der Waals surface area contributed by atoms with Crippen LogP contribution < -0.4 is 10.1 Å². The summed E-state index contributed by atoms with van der Waals surface area (Å²) in [5.74, 6) is -0.503. The minimum atomic E-state index is -0.503. The average Bonchev–Trinajstić information content (AvgIpc) is 2.40. The molecule has 21 heavy (non-hydrogen) atoms. The molecule has 1 aliphatic rings. The Morgan fingerprint density at radius 2 is 2.10 bits per heavy atom. The summed E-state index contributed by atoms with van der Waals surface area (Å²) in [6, 6.07) is 0.0373. The number of carbonyl (C=O) groups excluding carboxylic acids is 1. The van der Waals surface area contributed by atoms with Crippen LogP contribution in [0.25, 0.3) is 0 Å². The highest BCUT2D eigenvalue weighted by molar-refractivity contribution is 5.75. The van der Waals surface area contributed by atoms with E-state index in [2.05, 4.69) is 15.3 Å². The number of likely N-dealkylation sites (tertiary alicyclic amines) is 1. The summed E-state index contributed by atoms with van der Waals surface area (Å²) in [4.78, 5) is 21.4. The molecule has 1 atom stereocenters. The first-order valence-electron chi connectivity index (χ1n) is 7.05. The lowest BCUT2D eigenvalue weighted by Crippen LogP contribution is -2.53. The maximum atomic E-state index is 12.7. The van der Waals surface area contributed by atoms with E-state index < -0.39 is 5.82 Å². The zero-order valence-electron chi connectivity index (χ0n) is 12.6. The summed E-state index contributed by atoms with van der Waals surface area (Å²) in [6.45, 7) is 6.99. The van der Waals surface area contributed by atoms with Gasteiger partial charge in [-0.05, 0) is 33.6 Å². The third kappa shape index (κ3) is 4.84. The van der Waals surface area contributed by atoms with Crippen molar-refractivity contribution in [3.05, 3.63) is 18.2 Å². The molecule has 6 nitrogen and oxygen atoms in total. The largest absolute Gasteiger partial charge is 0.458 e. The van der Waals surface area contributed by atoms with Crippen molar-refractivity contribution >= 4 is 6.03 Å². The fraction of sp³-hybridized carbons (Fsp3) is 0.643.